The Kier molecular flexibility index (Phi) is 4.60. The number of primary amides is 1. The number of anilines is 2. The van der Waals surface area contributed by atoms with Gasteiger partial charge in [-0.2, -0.15) is 0 Å². The van der Waals surface area contributed by atoms with Crippen LogP contribution in [0.1, 0.15) is 16.8 Å². The van der Waals surface area contributed by atoms with Crippen molar-refractivity contribution in [3.63, 3.8) is 0 Å². The number of methoxy groups -OCH3 is 1. The average molecular weight is 223 g/mol. The molecular formula is C11H17N3O2. The summed E-state index contributed by atoms with van der Waals surface area (Å²) in [5, 5.41) is 3.16. The molecule has 0 saturated carbocycles. The first-order valence-corrected chi connectivity index (χ1v) is 5.07. The van der Waals surface area contributed by atoms with Crippen LogP contribution in [0, 0.1) is 0 Å². The molecule has 0 radical (unpaired) electrons. The Morgan fingerprint density at radius 3 is 2.88 bits per heavy atom. The summed E-state index contributed by atoms with van der Waals surface area (Å²) in [5.74, 6) is -0.516. The van der Waals surface area contributed by atoms with Gasteiger partial charge in [-0.25, -0.2) is 0 Å². The molecule has 1 amide bonds. The number of benzene rings is 1. The van der Waals surface area contributed by atoms with Crippen molar-refractivity contribution in [3.8, 4) is 0 Å². The van der Waals surface area contributed by atoms with E-state index >= 15 is 0 Å². The molecule has 0 aliphatic carbocycles. The average Bonchev–Trinajstić information content (AvgIpc) is 2.26. The van der Waals surface area contributed by atoms with Crippen LogP contribution >= 0.6 is 0 Å². The summed E-state index contributed by atoms with van der Waals surface area (Å²) in [5.41, 5.74) is 12.4. The monoisotopic (exact) mass is 223 g/mol. The van der Waals surface area contributed by atoms with E-state index in [0.29, 0.717) is 17.9 Å². The van der Waals surface area contributed by atoms with Crippen molar-refractivity contribution in [2.75, 3.05) is 31.3 Å². The lowest BCUT2D eigenvalue weighted by Gasteiger charge is -2.08. The normalized spacial score (nSPS) is 10.1. The van der Waals surface area contributed by atoms with E-state index in [9.17, 15) is 4.79 Å². The van der Waals surface area contributed by atoms with Gasteiger partial charge in [0.2, 0.25) is 0 Å². The van der Waals surface area contributed by atoms with Crippen LogP contribution in [0.4, 0.5) is 11.4 Å². The van der Waals surface area contributed by atoms with E-state index in [1.807, 2.05) is 6.07 Å². The number of rotatable bonds is 6. The highest BCUT2D eigenvalue weighted by atomic mass is 16.5. The van der Waals surface area contributed by atoms with Gasteiger partial charge in [-0.3, -0.25) is 4.79 Å². The molecule has 0 unspecified atom stereocenters. The van der Waals surface area contributed by atoms with Gasteiger partial charge in [0.15, 0.2) is 0 Å². The first-order chi connectivity index (χ1) is 7.65. The second-order valence-corrected chi connectivity index (χ2v) is 3.44. The molecule has 5 heteroatoms. The molecule has 1 rings (SSSR count). The lowest BCUT2D eigenvalue weighted by atomic mass is 10.1. The second-order valence-electron chi connectivity index (χ2n) is 3.44. The molecule has 5 nitrogen and oxygen atoms in total. The van der Waals surface area contributed by atoms with Crippen LogP contribution in [0.25, 0.3) is 0 Å². The van der Waals surface area contributed by atoms with Crippen LogP contribution in [-0.2, 0) is 4.74 Å². The number of carbonyl (C=O) groups is 1. The summed E-state index contributed by atoms with van der Waals surface area (Å²) in [7, 11) is 1.66. The van der Waals surface area contributed by atoms with Crippen molar-refractivity contribution in [2.45, 2.75) is 6.42 Å². The number of nitrogens with two attached hydrogens (primary N) is 2. The molecule has 88 valence electrons. The maximum Gasteiger partial charge on any atom is 0.250 e. The smallest absolute Gasteiger partial charge is 0.250 e. The van der Waals surface area contributed by atoms with Gasteiger partial charge in [-0.1, -0.05) is 0 Å². The molecule has 0 heterocycles. The molecule has 5 N–H and O–H groups in total. The van der Waals surface area contributed by atoms with Gasteiger partial charge in [-0.05, 0) is 24.6 Å². The molecule has 0 saturated heterocycles. The molecule has 0 aliphatic rings. The minimum atomic E-state index is -0.516. The van der Waals surface area contributed by atoms with E-state index in [1.165, 1.54) is 0 Å². The molecule has 16 heavy (non-hydrogen) atoms. The summed E-state index contributed by atoms with van der Waals surface area (Å²) < 4.78 is 4.93. The fourth-order valence-corrected chi connectivity index (χ4v) is 1.33. The highest BCUT2D eigenvalue weighted by Gasteiger charge is 2.06. The van der Waals surface area contributed by atoms with Gasteiger partial charge in [0.25, 0.3) is 5.91 Å². The van der Waals surface area contributed by atoms with Gasteiger partial charge in [-0.15, -0.1) is 0 Å². The van der Waals surface area contributed by atoms with E-state index in [0.717, 1.165) is 18.7 Å². The molecule has 1 aromatic rings. The van der Waals surface area contributed by atoms with Gasteiger partial charge in [0, 0.05) is 31.6 Å². The lowest BCUT2D eigenvalue weighted by molar-refractivity contribution is 0.100. The van der Waals surface area contributed by atoms with E-state index in [1.54, 1.807) is 19.2 Å². The minimum absolute atomic E-state index is 0.344. The zero-order valence-electron chi connectivity index (χ0n) is 9.32. The number of carbonyl (C=O) groups excluding carboxylic acids is 1. The third-order valence-corrected chi connectivity index (χ3v) is 2.17. The first kappa shape index (κ1) is 12.3. The number of nitrogens with one attached hydrogen (secondary N) is 1. The number of amides is 1. The van der Waals surface area contributed by atoms with Crippen LogP contribution in [0.5, 0.6) is 0 Å². The molecule has 0 fully saturated rings. The maximum absolute atomic E-state index is 11.0. The summed E-state index contributed by atoms with van der Waals surface area (Å²) in [6.07, 6.45) is 0.896. The zero-order valence-corrected chi connectivity index (χ0v) is 9.32. The van der Waals surface area contributed by atoms with Crippen molar-refractivity contribution in [2.24, 2.45) is 5.73 Å². The first-order valence-electron chi connectivity index (χ1n) is 5.07. The van der Waals surface area contributed by atoms with Crippen LogP contribution in [0.3, 0.4) is 0 Å². The number of nitrogen functional groups attached to an aromatic ring is 1. The van der Waals surface area contributed by atoms with E-state index in [2.05, 4.69) is 5.32 Å². The minimum Gasteiger partial charge on any atom is -0.398 e. The summed E-state index contributed by atoms with van der Waals surface area (Å²) in [6, 6.07) is 5.14. The summed E-state index contributed by atoms with van der Waals surface area (Å²) in [4.78, 5) is 11.0. The fourth-order valence-electron chi connectivity index (χ4n) is 1.33. The molecule has 0 aliphatic heterocycles. The van der Waals surface area contributed by atoms with Crippen LogP contribution in [-0.4, -0.2) is 26.2 Å². The topological polar surface area (TPSA) is 90.4 Å². The second kappa shape index (κ2) is 5.97. The number of hydrogen-bond acceptors (Lipinski definition) is 4. The molecular weight excluding hydrogens is 206 g/mol. The molecule has 0 aromatic heterocycles. The molecule has 0 bridgehead atoms. The Morgan fingerprint density at radius 1 is 1.50 bits per heavy atom. The Bertz CT molecular complexity index is 366. The van der Waals surface area contributed by atoms with Crippen molar-refractivity contribution < 1.29 is 9.53 Å². The Balaban J connectivity index is 2.61. The van der Waals surface area contributed by atoms with Crippen molar-refractivity contribution in [3.05, 3.63) is 23.8 Å². The predicted octanol–water partition coefficient (Wildman–Crippen LogP) is 0.816. The van der Waals surface area contributed by atoms with Crippen LogP contribution in [0.15, 0.2) is 18.2 Å². The number of ether oxygens (including phenoxy) is 1. The van der Waals surface area contributed by atoms with Gasteiger partial charge in [0.1, 0.15) is 0 Å². The van der Waals surface area contributed by atoms with Crippen molar-refractivity contribution >= 4 is 17.3 Å². The van der Waals surface area contributed by atoms with E-state index in [4.69, 9.17) is 16.2 Å². The van der Waals surface area contributed by atoms with E-state index in [-0.39, 0.29) is 0 Å². The largest absolute Gasteiger partial charge is 0.398 e. The standard InChI is InChI=1S/C11H17N3O2/c1-16-6-2-5-14-8-3-4-10(12)9(7-8)11(13)15/h3-4,7,14H,2,5-6,12H2,1H3,(H2,13,15). The molecule has 0 spiro atoms. The molecule has 1 aromatic carbocycles. The quantitative estimate of drug-likeness (QED) is 0.492. The summed E-state index contributed by atoms with van der Waals surface area (Å²) in [6.45, 7) is 1.47. The Labute approximate surface area is 94.8 Å². The van der Waals surface area contributed by atoms with Gasteiger partial charge in [0.05, 0.1) is 5.56 Å². The Morgan fingerprint density at radius 2 is 2.25 bits per heavy atom. The summed E-state index contributed by atoms with van der Waals surface area (Å²) >= 11 is 0. The Hall–Kier alpha value is -1.75. The van der Waals surface area contributed by atoms with Crippen molar-refractivity contribution in [1.29, 1.82) is 0 Å². The predicted molar refractivity (Wildman–Crippen MR) is 64.4 cm³/mol. The maximum atomic E-state index is 11.0. The highest BCUT2D eigenvalue weighted by Crippen LogP contribution is 2.17. The third kappa shape index (κ3) is 3.43. The number of hydrogen-bond donors (Lipinski definition) is 3. The SMILES string of the molecule is COCCCNc1ccc(N)c(C(N)=O)c1. The van der Waals surface area contributed by atoms with E-state index < -0.39 is 5.91 Å². The van der Waals surface area contributed by atoms with Crippen LogP contribution < -0.4 is 16.8 Å². The lowest BCUT2D eigenvalue weighted by Crippen LogP contribution is -2.14. The zero-order chi connectivity index (χ0) is 12.0. The highest BCUT2D eigenvalue weighted by molar-refractivity contribution is 5.98. The fraction of sp³-hybridized carbons (Fsp3) is 0.364. The molecule has 0 atom stereocenters. The van der Waals surface area contributed by atoms with Crippen LogP contribution in [0.2, 0.25) is 0 Å². The van der Waals surface area contributed by atoms with Crippen molar-refractivity contribution in [1.82, 2.24) is 0 Å². The third-order valence-electron chi connectivity index (χ3n) is 2.17. The van der Waals surface area contributed by atoms with Gasteiger partial charge >= 0.3 is 0 Å². The van der Waals surface area contributed by atoms with Gasteiger partial charge < -0.3 is 21.5 Å².